The van der Waals surface area contributed by atoms with Crippen LogP contribution < -0.4 is 18.9 Å². The van der Waals surface area contributed by atoms with Gasteiger partial charge in [0.2, 0.25) is 0 Å². The van der Waals surface area contributed by atoms with Crippen LogP contribution in [0.15, 0.2) is 121 Å². The second-order valence-electron chi connectivity index (χ2n) is 25.2. The minimum Gasteiger partial charge on any atom is -0.457 e. The number of fused-ring (bicyclic) bond motifs is 2. The molecular formula is C68H66N2O10. The van der Waals surface area contributed by atoms with Crippen molar-refractivity contribution in [2.24, 2.45) is 0 Å². The summed E-state index contributed by atoms with van der Waals surface area (Å²) in [4.78, 5) is 62.4. The molecule has 0 saturated heterocycles. The summed E-state index contributed by atoms with van der Waals surface area (Å²) in [6, 6.07) is 37.3. The summed E-state index contributed by atoms with van der Waals surface area (Å²) in [7, 11) is 0. The highest BCUT2D eigenvalue weighted by atomic mass is 16.5. The van der Waals surface area contributed by atoms with Crippen molar-refractivity contribution >= 4 is 66.7 Å². The quantitative estimate of drug-likeness (QED) is 0.0687. The van der Waals surface area contributed by atoms with E-state index in [-0.39, 0.29) is 80.0 Å². The summed E-state index contributed by atoms with van der Waals surface area (Å²) in [5.41, 5.74) is 4.03. The molecule has 11 rings (SSSR count). The predicted molar refractivity (Wildman–Crippen MR) is 313 cm³/mol. The maximum atomic E-state index is 15.1. The van der Waals surface area contributed by atoms with Gasteiger partial charge in [0.25, 0.3) is 23.6 Å². The van der Waals surface area contributed by atoms with E-state index in [1.165, 1.54) is 0 Å². The second-order valence-corrected chi connectivity index (χ2v) is 25.2. The number of benzene rings is 9. The highest BCUT2D eigenvalue weighted by molar-refractivity contribution is 6.44. The molecular weight excluding hydrogens is 1000 g/mol. The number of hydrogen-bond donors (Lipinski definition) is 2. The van der Waals surface area contributed by atoms with Crippen LogP contribution in [0.25, 0.3) is 43.1 Å². The number of nitrogens with zero attached hydrogens (tertiary/aromatic N) is 2. The zero-order valence-electron chi connectivity index (χ0n) is 47.4. The molecule has 0 radical (unpaired) electrons. The number of carbonyl (C=O) groups excluding carboxylic acids is 4. The van der Waals surface area contributed by atoms with E-state index in [9.17, 15) is 10.2 Å². The number of amides is 4. The molecule has 12 heteroatoms. The van der Waals surface area contributed by atoms with E-state index in [0.29, 0.717) is 66.1 Å². The number of hydrogen-bond acceptors (Lipinski definition) is 10. The van der Waals surface area contributed by atoms with Gasteiger partial charge >= 0.3 is 0 Å². The maximum Gasteiger partial charge on any atom is 0.261 e. The van der Waals surface area contributed by atoms with Crippen LogP contribution >= 0.6 is 0 Å². The second kappa shape index (κ2) is 19.2. The molecule has 9 aromatic rings. The molecule has 4 amide bonds. The Labute approximate surface area is 465 Å². The third-order valence-electron chi connectivity index (χ3n) is 15.5. The summed E-state index contributed by atoms with van der Waals surface area (Å²) in [5, 5.41) is 23.7. The van der Waals surface area contributed by atoms with Crippen LogP contribution in [0, 0.1) is 0 Å². The highest BCUT2D eigenvalue weighted by Gasteiger charge is 2.41. The van der Waals surface area contributed by atoms with Gasteiger partial charge in [0.15, 0.2) is 0 Å². The minimum absolute atomic E-state index is 0.134. The molecule has 0 saturated carbocycles. The molecule has 0 aromatic heterocycles. The number of ether oxygens (including phenoxy) is 4. The van der Waals surface area contributed by atoms with Crippen molar-refractivity contribution in [3.63, 3.8) is 0 Å². The number of rotatable bonds is 12. The first-order valence-electron chi connectivity index (χ1n) is 27.2. The van der Waals surface area contributed by atoms with Crippen LogP contribution in [-0.2, 0) is 21.7 Å². The van der Waals surface area contributed by atoms with Gasteiger partial charge in [-0.05, 0) is 117 Å². The lowest BCUT2D eigenvalue weighted by Crippen LogP contribution is -2.42. The Bertz CT molecular complexity index is 3490. The molecule has 2 aliphatic rings. The van der Waals surface area contributed by atoms with Gasteiger partial charge in [0.05, 0.1) is 48.6 Å². The smallest absolute Gasteiger partial charge is 0.261 e. The first-order chi connectivity index (χ1) is 37.8. The molecule has 2 N–H and O–H groups in total. The molecule has 80 heavy (non-hydrogen) atoms. The van der Waals surface area contributed by atoms with Crippen LogP contribution in [-0.4, -0.2) is 69.9 Å². The van der Waals surface area contributed by atoms with Crippen molar-refractivity contribution in [1.82, 2.24) is 9.80 Å². The summed E-state index contributed by atoms with van der Waals surface area (Å²) in [5.74, 6) is -0.0784. The fourth-order valence-corrected chi connectivity index (χ4v) is 11.1. The van der Waals surface area contributed by atoms with E-state index in [4.69, 9.17) is 18.9 Å². The molecule has 12 nitrogen and oxygen atoms in total. The average Bonchev–Trinajstić information content (AvgIpc) is 2.31. The summed E-state index contributed by atoms with van der Waals surface area (Å²) < 4.78 is 28.4. The largest absolute Gasteiger partial charge is 0.457 e. The third-order valence-corrected chi connectivity index (χ3v) is 15.5. The Morgan fingerprint density at radius 3 is 0.688 bits per heavy atom. The van der Waals surface area contributed by atoms with Crippen molar-refractivity contribution in [3.05, 3.63) is 166 Å². The molecule has 2 heterocycles. The van der Waals surface area contributed by atoms with E-state index in [1.807, 2.05) is 97.1 Å². The topological polar surface area (TPSA) is 152 Å². The van der Waals surface area contributed by atoms with Crippen LogP contribution in [0.2, 0.25) is 0 Å². The minimum atomic E-state index is -0.643. The lowest BCUT2D eigenvalue weighted by atomic mass is 9.80. The first kappa shape index (κ1) is 53.7. The Kier molecular flexibility index (Phi) is 12.9. The standard InChI is InChI=1S/C68H66N2O10/c1-65(2,3)37-13-21-41(22-14-37)77-49-33-45-53-46(62(74)69(29-31-71)61(45)73)35-51(79-43-25-17-39(18-26-43)67(7,8)9)57-58-52(80-44-27-19-40(20-28-44)68(10,11)12)36-48-54-47(63(75)70(30-32-72)64(48)76)34-50(56(60(54)58)55(49)59(53)57)78-42-23-15-38(16-24-42)66(4,5)6/h13-28,33-36,71-72H,29-32H2,1-12H3. The molecule has 0 spiro atoms. The molecule has 0 atom stereocenters. The van der Waals surface area contributed by atoms with Crippen molar-refractivity contribution in [2.45, 2.75) is 105 Å². The Morgan fingerprint density at radius 1 is 0.312 bits per heavy atom. The molecule has 0 fully saturated rings. The SMILES string of the molecule is CC(C)(C)c1ccc(Oc2cc3c4c(cc(Oc5ccc(C(C)(C)C)cc5)c5c6c(Oc7ccc(C(C)(C)C)cc7)cc7c8c(cc(Oc9ccc(C(C)(C)C)cc9)c(c2c45)c86)C(=O)N(CCO)C7=O)C(=O)N(CCO)C3=O)cc1. The first-order valence-corrected chi connectivity index (χ1v) is 27.2. The lowest BCUT2D eigenvalue weighted by molar-refractivity contribution is 0.0566. The molecule has 408 valence electrons. The van der Waals surface area contributed by atoms with Gasteiger partial charge in [-0.15, -0.1) is 0 Å². The summed E-state index contributed by atoms with van der Waals surface area (Å²) >= 11 is 0. The van der Waals surface area contributed by atoms with Gasteiger partial charge in [-0.2, -0.15) is 0 Å². The number of aliphatic hydroxyl groups is 2. The molecule has 2 aliphatic heterocycles. The van der Waals surface area contributed by atoms with Crippen molar-refractivity contribution in [2.75, 3.05) is 26.3 Å². The van der Waals surface area contributed by atoms with Gasteiger partial charge in [0, 0.05) is 43.1 Å². The van der Waals surface area contributed by atoms with E-state index in [1.54, 1.807) is 24.3 Å². The van der Waals surface area contributed by atoms with Gasteiger partial charge in [-0.1, -0.05) is 132 Å². The van der Waals surface area contributed by atoms with Crippen LogP contribution in [0.1, 0.15) is 147 Å². The fourth-order valence-electron chi connectivity index (χ4n) is 11.1. The van der Waals surface area contributed by atoms with Gasteiger partial charge in [-0.3, -0.25) is 29.0 Å². The van der Waals surface area contributed by atoms with E-state index in [0.717, 1.165) is 32.1 Å². The third kappa shape index (κ3) is 9.14. The summed E-state index contributed by atoms with van der Waals surface area (Å²) in [6.45, 7) is 23.9. The van der Waals surface area contributed by atoms with Crippen LogP contribution in [0.3, 0.4) is 0 Å². The molecule has 0 aliphatic carbocycles. The fraction of sp³-hybridized carbons (Fsp3) is 0.294. The van der Waals surface area contributed by atoms with Crippen molar-refractivity contribution < 1.29 is 48.3 Å². The number of imide groups is 2. The number of carbonyl (C=O) groups is 4. The van der Waals surface area contributed by atoms with Crippen molar-refractivity contribution in [3.8, 4) is 46.0 Å². The van der Waals surface area contributed by atoms with Crippen LogP contribution in [0.4, 0.5) is 0 Å². The monoisotopic (exact) mass is 1070 g/mol. The van der Waals surface area contributed by atoms with Crippen molar-refractivity contribution in [1.29, 1.82) is 0 Å². The van der Waals surface area contributed by atoms with Gasteiger partial charge in [0.1, 0.15) is 46.0 Å². The van der Waals surface area contributed by atoms with Crippen LogP contribution in [0.5, 0.6) is 46.0 Å². The zero-order valence-corrected chi connectivity index (χ0v) is 47.4. The highest BCUT2D eigenvalue weighted by Crippen LogP contribution is 2.58. The average molecular weight is 1070 g/mol. The van der Waals surface area contributed by atoms with E-state index < -0.39 is 36.8 Å². The molecule has 0 bridgehead atoms. The Hall–Kier alpha value is -8.32. The van der Waals surface area contributed by atoms with E-state index >= 15 is 19.2 Å². The number of β-amino-alcohol motifs (C(OH)–C–C–N with tert-alkyl or cyclic N) is 2. The molecule has 0 unspecified atom stereocenters. The van der Waals surface area contributed by atoms with E-state index in [2.05, 4.69) is 83.1 Å². The Balaban J connectivity index is 1.36. The van der Waals surface area contributed by atoms with Gasteiger partial charge < -0.3 is 29.2 Å². The number of aliphatic hydroxyl groups excluding tert-OH is 2. The Morgan fingerprint density at radius 2 is 0.512 bits per heavy atom. The zero-order chi connectivity index (χ0) is 57.1. The van der Waals surface area contributed by atoms with Gasteiger partial charge in [-0.25, -0.2) is 0 Å². The summed E-state index contributed by atoms with van der Waals surface area (Å²) in [6.07, 6.45) is 0. The predicted octanol–water partition coefficient (Wildman–Crippen LogP) is 15.3. The maximum absolute atomic E-state index is 15.1. The normalized spacial score (nSPS) is 14.1. The molecule has 9 aromatic carbocycles. The lowest BCUT2D eigenvalue weighted by Gasteiger charge is -2.32.